The van der Waals surface area contributed by atoms with Crippen molar-refractivity contribution in [2.45, 2.75) is 76.9 Å². The fourth-order valence-corrected chi connectivity index (χ4v) is 7.72. The number of hydrogen-bond donors (Lipinski definition) is 1. The number of aromatic nitrogens is 4. The average molecular weight is 593 g/mol. The molecule has 1 unspecified atom stereocenters. The highest BCUT2D eigenvalue weighted by Gasteiger charge is 2.35. The molecular formula is C32H42F2N8O. The van der Waals surface area contributed by atoms with Crippen LogP contribution in [-0.4, -0.2) is 80.6 Å². The third-order valence-corrected chi connectivity index (χ3v) is 10.0. The van der Waals surface area contributed by atoms with Gasteiger partial charge in [0.25, 0.3) is 6.43 Å². The van der Waals surface area contributed by atoms with E-state index in [0.717, 1.165) is 80.9 Å². The Balaban J connectivity index is 1.25. The molecular weight excluding hydrogens is 550 g/mol. The van der Waals surface area contributed by atoms with Crippen LogP contribution in [0.2, 0.25) is 0 Å². The summed E-state index contributed by atoms with van der Waals surface area (Å²) in [6.45, 7) is 7.83. The van der Waals surface area contributed by atoms with E-state index in [4.69, 9.17) is 5.10 Å². The van der Waals surface area contributed by atoms with E-state index >= 15 is 0 Å². The number of likely N-dealkylation sites (tertiary alicyclic amines) is 1. The normalized spacial score (nSPS) is 21.7. The molecule has 2 fully saturated rings. The molecule has 0 saturated carbocycles. The second kappa shape index (κ2) is 11.6. The van der Waals surface area contributed by atoms with Crippen molar-refractivity contribution < 1.29 is 13.6 Å². The maximum absolute atomic E-state index is 14.5. The van der Waals surface area contributed by atoms with Crippen LogP contribution in [0.25, 0.3) is 11.1 Å². The van der Waals surface area contributed by atoms with E-state index < -0.39 is 6.43 Å². The number of amides is 1. The topological polar surface area (TPSA) is 74.5 Å². The summed E-state index contributed by atoms with van der Waals surface area (Å²) < 4.78 is 33.0. The number of hydrogen-bond acceptors (Lipinski definition) is 6. The zero-order valence-electron chi connectivity index (χ0n) is 25.2. The molecule has 0 bridgehead atoms. The Morgan fingerprint density at radius 1 is 1.05 bits per heavy atom. The highest BCUT2D eigenvalue weighted by atomic mass is 19.3. The van der Waals surface area contributed by atoms with Crippen LogP contribution in [0, 0.1) is 0 Å². The largest absolute Gasteiger partial charge is 0.338 e. The lowest BCUT2D eigenvalue weighted by atomic mass is 9.92. The van der Waals surface area contributed by atoms with Gasteiger partial charge in [0, 0.05) is 93.4 Å². The molecule has 0 spiro atoms. The van der Waals surface area contributed by atoms with E-state index in [1.165, 1.54) is 18.5 Å². The lowest BCUT2D eigenvalue weighted by Gasteiger charge is -2.40. The molecule has 4 aliphatic rings. The summed E-state index contributed by atoms with van der Waals surface area (Å²) in [5.41, 5.74) is 5.39. The first-order valence-electron chi connectivity index (χ1n) is 15.9. The number of halogens is 2. The third kappa shape index (κ3) is 5.35. The van der Waals surface area contributed by atoms with Crippen LogP contribution in [0.15, 0.2) is 24.5 Å². The van der Waals surface area contributed by atoms with Gasteiger partial charge in [-0.1, -0.05) is 0 Å². The van der Waals surface area contributed by atoms with Crippen molar-refractivity contribution in [3.63, 3.8) is 0 Å². The number of nitrogens with one attached hydrogen (secondary N) is 1. The predicted molar refractivity (Wildman–Crippen MR) is 162 cm³/mol. The first kappa shape index (κ1) is 28.5. The number of nitrogens with zero attached hydrogens (tertiary/aromatic N) is 7. The van der Waals surface area contributed by atoms with Crippen LogP contribution >= 0.6 is 0 Å². The molecule has 1 aromatic carbocycles. The molecule has 3 aromatic rings. The van der Waals surface area contributed by atoms with E-state index in [2.05, 4.69) is 24.9 Å². The Bertz CT molecular complexity index is 1480. The van der Waals surface area contributed by atoms with Gasteiger partial charge in [-0.15, -0.1) is 0 Å². The van der Waals surface area contributed by atoms with Crippen LogP contribution in [0.5, 0.6) is 0 Å². The minimum atomic E-state index is -2.62. The fraction of sp³-hybridized carbons (Fsp3) is 0.594. The van der Waals surface area contributed by atoms with Crippen molar-refractivity contribution in [1.29, 1.82) is 0 Å². The maximum Gasteiger partial charge on any atom is 0.264 e. The molecule has 2 aromatic heterocycles. The first-order chi connectivity index (χ1) is 20.9. The Morgan fingerprint density at radius 3 is 2.58 bits per heavy atom. The molecule has 1 amide bonds. The van der Waals surface area contributed by atoms with Crippen LogP contribution < -0.4 is 10.2 Å². The molecule has 0 radical (unpaired) electrons. The van der Waals surface area contributed by atoms with Gasteiger partial charge in [-0.05, 0) is 68.3 Å². The molecule has 6 heterocycles. The van der Waals surface area contributed by atoms with E-state index in [1.54, 1.807) is 37.1 Å². The van der Waals surface area contributed by atoms with Gasteiger partial charge >= 0.3 is 0 Å². The predicted octanol–water partition coefficient (Wildman–Crippen LogP) is 4.60. The lowest BCUT2D eigenvalue weighted by Crippen LogP contribution is -2.49. The third-order valence-electron chi connectivity index (χ3n) is 10.0. The van der Waals surface area contributed by atoms with Gasteiger partial charge in [-0.25, -0.2) is 8.78 Å². The summed E-state index contributed by atoms with van der Waals surface area (Å²) in [6.07, 6.45) is 7.89. The van der Waals surface area contributed by atoms with Crippen LogP contribution in [0.1, 0.15) is 73.9 Å². The van der Waals surface area contributed by atoms with E-state index in [1.807, 2.05) is 11.0 Å². The Morgan fingerprint density at radius 2 is 1.88 bits per heavy atom. The summed E-state index contributed by atoms with van der Waals surface area (Å²) in [5.74, 6) is 0.883. The van der Waals surface area contributed by atoms with Crippen molar-refractivity contribution in [3.8, 4) is 11.1 Å². The van der Waals surface area contributed by atoms with Crippen molar-refractivity contribution in [2.75, 3.05) is 44.2 Å². The van der Waals surface area contributed by atoms with Crippen molar-refractivity contribution in [1.82, 2.24) is 34.7 Å². The number of fused-ring (bicyclic) bond motifs is 2. The van der Waals surface area contributed by atoms with E-state index in [0.29, 0.717) is 42.8 Å². The second-order valence-electron chi connectivity index (χ2n) is 12.7. The van der Waals surface area contributed by atoms with Gasteiger partial charge in [0.1, 0.15) is 0 Å². The Hall–Kier alpha value is -3.31. The van der Waals surface area contributed by atoms with Gasteiger partial charge < -0.3 is 15.1 Å². The molecule has 11 heteroatoms. The first-order valence-corrected chi connectivity index (χ1v) is 15.9. The molecule has 0 aliphatic carbocycles. The van der Waals surface area contributed by atoms with Crippen LogP contribution in [0.4, 0.5) is 20.3 Å². The summed E-state index contributed by atoms with van der Waals surface area (Å²) >= 11 is 0. The number of rotatable bonds is 5. The highest BCUT2D eigenvalue weighted by molar-refractivity contribution is 5.78. The van der Waals surface area contributed by atoms with Gasteiger partial charge in [-0.2, -0.15) is 10.2 Å². The van der Waals surface area contributed by atoms with Gasteiger partial charge in [-0.3, -0.25) is 19.1 Å². The molecule has 9 nitrogen and oxygen atoms in total. The molecule has 2 saturated heterocycles. The summed E-state index contributed by atoms with van der Waals surface area (Å²) in [7, 11) is 1.80. The minimum absolute atomic E-state index is 0.0156. The minimum Gasteiger partial charge on any atom is -0.338 e. The van der Waals surface area contributed by atoms with Crippen molar-refractivity contribution in [3.05, 3.63) is 46.9 Å². The summed E-state index contributed by atoms with van der Waals surface area (Å²) in [4.78, 5) is 19.1. The van der Waals surface area contributed by atoms with Gasteiger partial charge in [0.2, 0.25) is 5.91 Å². The quantitative estimate of drug-likeness (QED) is 0.467. The lowest BCUT2D eigenvalue weighted by molar-refractivity contribution is -0.129. The standard InChI is InChI=1S/C32H42F2N8O/c1-21(43)40-14-9-29-28(20-40)32(37-42(29)24-7-12-39(13-8-24)25-6-3-10-35-18-25)41-11-4-5-22-15-26(23-17-36-38(2)19-23)27(31(33)34)16-30(22)41/h15-17,19,24-25,31,35H,3-14,18,20H2,1-2H3. The van der Waals surface area contributed by atoms with Gasteiger partial charge in [0.05, 0.1) is 18.8 Å². The molecule has 230 valence electrons. The van der Waals surface area contributed by atoms with Crippen LogP contribution in [-0.2, 0) is 31.2 Å². The van der Waals surface area contributed by atoms with Crippen molar-refractivity contribution in [2.24, 2.45) is 7.05 Å². The van der Waals surface area contributed by atoms with E-state index in [9.17, 15) is 13.6 Å². The summed E-state index contributed by atoms with van der Waals surface area (Å²) in [6, 6.07) is 4.52. The summed E-state index contributed by atoms with van der Waals surface area (Å²) in [5, 5.41) is 13.1. The monoisotopic (exact) mass is 592 g/mol. The Kier molecular flexibility index (Phi) is 7.71. The zero-order chi connectivity index (χ0) is 29.7. The number of carbonyl (C=O) groups excluding carboxylic acids is 1. The van der Waals surface area contributed by atoms with Crippen molar-refractivity contribution >= 4 is 17.4 Å². The SMILES string of the molecule is CC(=O)N1CCc2c(c(N3CCCc4cc(-c5cnn(C)c5)c(C(F)F)cc43)nn2C2CCN(C3CCCNC3)CC2)C1. The maximum atomic E-state index is 14.5. The van der Waals surface area contributed by atoms with Gasteiger partial charge in [0.15, 0.2) is 5.82 Å². The number of carbonyl (C=O) groups is 1. The second-order valence-corrected chi connectivity index (χ2v) is 12.7. The number of aryl methyl sites for hydroxylation is 2. The number of anilines is 2. The number of benzene rings is 1. The molecule has 1 atom stereocenters. The molecule has 7 rings (SSSR count). The highest BCUT2D eigenvalue weighted by Crippen LogP contribution is 2.43. The van der Waals surface area contributed by atoms with Crippen LogP contribution in [0.3, 0.4) is 0 Å². The zero-order valence-corrected chi connectivity index (χ0v) is 25.2. The number of piperidine rings is 2. The fourth-order valence-electron chi connectivity index (χ4n) is 7.72. The average Bonchev–Trinajstić information content (AvgIpc) is 3.64. The molecule has 4 aliphatic heterocycles. The van der Waals surface area contributed by atoms with E-state index in [-0.39, 0.29) is 11.5 Å². The smallest absolute Gasteiger partial charge is 0.264 e. The molecule has 1 N–H and O–H groups in total. The Labute approximate surface area is 251 Å². The molecule has 43 heavy (non-hydrogen) atoms. The number of alkyl halides is 2.